The number of likely N-dealkylation sites (N-methyl/N-ethyl adjacent to an activating group) is 1. The molecule has 6 heteroatoms. The van der Waals surface area contributed by atoms with Gasteiger partial charge < -0.3 is 15.5 Å². The summed E-state index contributed by atoms with van der Waals surface area (Å²) in [6.07, 6.45) is 1.02. The molecule has 0 radical (unpaired) electrons. The molecule has 0 heterocycles. The van der Waals surface area contributed by atoms with Gasteiger partial charge in [-0.2, -0.15) is 0 Å². The van der Waals surface area contributed by atoms with Crippen LogP contribution in [0.3, 0.4) is 0 Å². The number of carbonyl (C=O) groups excluding carboxylic acids is 1. The molecule has 0 bridgehead atoms. The van der Waals surface area contributed by atoms with Crippen LogP contribution in [0, 0.1) is 0 Å². The first-order valence-corrected chi connectivity index (χ1v) is 9.83. The van der Waals surface area contributed by atoms with Gasteiger partial charge in [-0.05, 0) is 39.7 Å². The maximum Gasteiger partial charge on any atom is 0.241 e. The quantitative estimate of drug-likeness (QED) is 0.374. The molecule has 1 aromatic carbocycles. The SMILES string of the molecule is CC(C)N(CCCNC(=NCc1ccccc1)NCC(=O)N(C)C)C(C)C. The summed E-state index contributed by atoms with van der Waals surface area (Å²) < 4.78 is 0. The summed E-state index contributed by atoms with van der Waals surface area (Å²) in [4.78, 5) is 20.5. The van der Waals surface area contributed by atoms with Crippen molar-refractivity contribution in [2.45, 2.75) is 52.7 Å². The number of amides is 1. The molecule has 1 aromatic rings. The van der Waals surface area contributed by atoms with Gasteiger partial charge in [0.05, 0.1) is 13.1 Å². The Morgan fingerprint density at radius 2 is 1.67 bits per heavy atom. The van der Waals surface area contributed by atoms with E-state index in [4.69, 9.17) is 0 Å². The Labute approximate surface area is 165 Å². The van der Waals surface area contributed by atoms with Crippen LogP contribution in [-0.2, 0) is 11.3 Å². The third-order valence-corrected chi connectivity index (χ3v) is 4.38. The van der Waals surface area contributed by atoms with E-state index in [-0.39, 0.29) is 12.5 Å². The molecule has 2 N–H and O–H groups in total. The van der Waals surface area contributed by atoms with Crippen LogP contribution in [0.5, 0.6) is 0 Å². The van der Waals surface area contributed by atoms with Crippen LogP contribution in [0.4, 0.5) is 0 Å². The molecule has 1 rings (SSSR count). The zero-order valence-electron chi connectivity index (χ0n) is 17.8. The minimum atomic E-state index is 0.0231. The number of rotatable bonds is 10. The fraction of sp³-hybridized carbons (Fsp3) is 0.619. The lowest BCUT2D eigenvalue weighted by Crippen LogP contribution is -2.44. The number of aliphatic imine (C=N–C) groups is 1. The fourth-order valence-electron chi connectivity index (χ4n) is 2.83. The Bertz CT molecular complexity index is 561. The monoisotopic (exact) mass is 375 g/mol. The van der Waals surface area contributed by atoms with Gasteiger partial charge in [0.25, 0.3) is 0 Å². The Hall–Kier alpha value is -2.08. The smallest absolute Gasteiger partial charge is 0.241 e. The molecule has 6 nitrogen and oxygen atoms in total. The first-order valence-electron chi connectivity index (χ1n) is 9.83. The van der Waals surface area contributed by atoms with Gasteiger partial charge in [-0.15, -0.1) is 0 Å². The van der Waals surface area contributed by atoms with Crippen LogP contribution in [-0.4, -0.2) is 67.5 Å². The van der Waals surface area contributed by atoms with E-state index in [0.717, 1.165) is 25.1 Å². The molecule has 152 valence electrons. The van der Waals surface area contributed by atoms with E-state index in [1.54, 1.807) is 19.0 Å². The van der Waals surface area contributed by atoms with Gasteiger partial charge in [-0.25, -0.2) is 4.99 Å². The molecule has 27 heavy (non-hydrogen) atoms. The van der Waals surface area contributed by atoms with Crippen LogP contribution >= 0.6 is 0 Å². The van der Waals surface area contributed by atoms with Crippen LogP contribution in [0.1, 0.15) is 39.7 Å². The highest BCUT2D eigenvalue weighted by Gasteiger charge is 2.12. The number of carbonyl (C=O) groups is 1. The number of hydrogen-bond acceptors (Lipinski definition) is 3. The summed E-state index contributed by atoms with van der Waals surface area (Å²) in [6.45, 7) is 11.6. The van der Waals surface area contributed by atoms with Crippen molar-refractivity contribution in [2.24, 2.45) is 4.99 Å². The van der Waals surface area contributed by atoms with Gasteiger partial charge in [-0.1, -0.05) is 30.3 Å². The third kappa shape index (κ3) is 9.43. The zero-order valence-corrected chi connectivity index (χ0v) is 17.8. The van der Waals surface area contributed by atoms with E-state index in [1.807, 2.05) is 18.2 Å². The molecule has 0 saturated carbocycles. The van der Waals surface area contributed by atoms with Crippen molar-refractivity contribution in [1.29, 1.82) is 0 Å². The predicted molar refractivity (Wildman–Crippen MR) is 114 cm³/mol. The molecule has 0 aliphatic heterocycles. The number of benzene rings is 1. The Balaban J connectivity index is 2.58. The molecule has 0 fully saturated rings. The van der Waals surface area contributed by atoms with Crippen molar-refractivity contribution in [3.8, 4) is 0 Å². The minimum Gasteiger partial charge on any atom is -0.356 e. The number of nitrogens with zero attached hydrogens (tertiary/aromatic N) is 3. The van der Waals surface area contributed by atoms with Gasteiger partial charge in [0.2, 0.25) is 5.91 Å². The lowest BCUT2D eigenvalue weighted by Gasteiger charge is -2.30. The summed E-state index contributed by atoms with van der Waals surface area (Å²) in [5, 5.41) is 6.50. The standard InChI is InChI=1S/C21H37N5O/c1-17(2)26(18(3)4)14-10-13-22-21(24-16-20(27)25(5)6)23-15-19-11-8-7-9-12-19/h7-9,11-12,17-18H,10,13-16H2,1-6H3,(H2,22,23,24). The Morgan fingerprint density at radius 3 is 2.22 bits per heavy atom. The normalized spacial score (nSPS) is 12.0. The van der Waals surface area contributed by atoms with Gasteiger partial charge in [-0.3, -0.25) is 9.69 Å². The van der Waals surface area contributed by atoms with Crippen molar-refractivity contribution >= 4 is 11.9 Å². The fourth-order valence-corrected chi connectivity index (χ4v) is 2.83. The van der Waals surface area contributed by atoms with Crippen molar-refractivity contribution in [3.05, 3.63) is 35.9 Å². The van der Waals surface area contributed by atoms with Crippen LogP contribution in [0.25, 0.3) is 0 Å². The van der Waals surface area contributed by atoms with Gasteiger partial charge in [0.15, 0.2) is 5.96 Å². The Kier molecular flexibility index (Phi) is 10.5. The highest BCUT2D eigenvalue weighted by Crippen LogP contribution is 2.05. The van der Waals surface area contributed by atoms with E-state index in [2.05, 4.69) is 60.4 Å². The maximum atomic E-state index is 11.9. The van der Waals surface area contributed by atoms with Crippen LogP contribution in [0.2, 0.25) is 0 Å². The molecule has 0 aliphatic carbocycles. The van der Waals surface area contributed by atoms with Crippen LogP contribution < -0.4 is 10.6 Å². The van der Waals surface area contributed by atoms with E-state index in [9.17, 15) is 4.79 Å². The van der Waals surface area contributed by atoms with Crippen LogP contribution in [0.15, 0.2) is 35.3 Å². The molecule has 0 atom stereocenters. The zero-order chi connectivity index (χ0) is 20.2. The lowest BCUT2D eigenvalue weighted by atomic mass is 10.2. The molecular weight excluding hydrogens is 338 g/mol. The summed E-state index contributed by atoms with van der Waals surface area (Å²) in [6, 6.07) is 11.2. The topological polar surface area (TPSA) is 60.0 Å². The molecule has 0 aromatic heterocycles. The number of hydrogen-bond donors (Lipinski definition) is 2. The number of nitrogens with one attached hydrogen (secondary N) is 2. The summed E-state index contributed by atoms with van der Waals surface area (Å²) in [5.41, 5.74) is 1.14. The first kappa shape index (κ1) is 23.0. The average molecular weight is 376 g/mol. The average Bonchev–Trinajstić information content (AvgIpc) is 2.62. The highest BCUT2D eigenvalue weighted by atomic mass is 16.2. The van der Waals surface area contributed by atoms with Crippen molar-refractivity contribution in [3.63, 3.8) is 0 Å². The lowest BCUT2D eigenvalue weighted by molar-refractivity contribution is -0.127. The first-order chi connectivity index (χ1) is 12.8. The second-order valence-electron chi connectivity index (χ2n) is 7.50. The highest BCUT2D eigenvalue weighted by molar-refractivity contribution is 5.86. The summed E-state index contributed by atoms with van der Waals surface area (Å²) in [5.74, 6) is 0.699. The molecule has 0 unspecified atom stereocenters. The Morgan fingerprint density at radius 1 is 1.04 bits per heavy atom. The number of guanidine groups is 1. The second-order valence-corrected chi connectivity index (χ2v) is 7.50. The summed E-state index contributed by atoms with van der Waals surface area (Å²) in [7, 11) is 3.51. The van der Waals surface area contributed by atoms with E-state index < -0.39 is 0 Å². The van der Waals surface area contributed by atoms with Gasteiger partial charge >= 0.3 is 0 Å². The minimum absolute atomic E-state index is 0.0231. The maximum absolute atomic E-state index is 11.9. The molecular formula is C21H37N5O. The second kappa shape index (κ2) is 12.3. The molecule has 0 saturated heterocycles. The van der Waals surface area contributed by atoms with Crippen molar-refractivity contribution in [1.82, 2.24) is 20.4 Å². The molecule has 0 aliphatic rings. The molecule has 1 amide bonds. The summed E-state index contributed by atoms with van der Waals surface area (Å²) >= 11 is 0. The predicted octanol–water partition coefficient (Wildman–Crippen LogP) is 2.32. The molecule has 0 spiro atoms. The van der Waals surface area contributed by atoms with Gasteiger partial charge in [0.1, 0.15) is 0 Å². The largest absolute Gasteiger partial charge is 0.356 e. The van der Waals surface area contributed by atoms with E-state index in [0.29, 0.717) is 24.6 Å². The van der Waals surface area contributed by atoms with E-state index >= 15 is 0 Å². The van der Waals surface area contributed by atoms with Crippen molar-refractivity contribution in [2.75, 3.05) is 33.7 Å². The van der Waals surface area contributed by atoms with Crippen molar-refractivity contribution < 1.29 is 4.79 Å². The van der Waals surface area contributed by atoms with Gasteiger partial charge in [0, 0.05) is 39.3 Å². The third-order valence-electron chi connectivity index (χ3n) is 4.38. The van der Waals surface area contributed by atoms with E-state index in [1.165, 1.54) is 0 Å².